The van der Waals surface area contributed by atoms with Gasteiger partial charge in [0.05, 0.1) is 18.5 Å². The minimum absolute atomic E-state index is 0.0227. The zero-order valence-corrected chi connectivity index (χ0v) is 31.6. The predicted octanol–water partition coefficient (Wildman–Crippen LogP) is 6.03. The topological polar surface area (TPSA) is 19.4 Å². The van der Waals surface area contributed by atoms with E-state index in [0.29, 0.717) is 61.7 Å². The Labute approximate surface area is 290 Å². The summed E-state index contributed by atoms with van der Waals surface area (Å²) in [6.07, 6.45) is 6.02. The molecule has 10 heteroatoms. The second-order valence-corrected chi connectivity index (χ2v) is 18.5. The van der Waals surface area contributed by atoms with Crippen LogP contribution in [-0.4, -0.2) is 159 Å². The van der Waals surface area contributed by atoms with Gasteiger partial charge >= 0.3 is 0 Å². The summed E-state index contributed by atoms with van der Waals surface area (Å²) in [5.41, 5.74) is -0.233. The number of piperidine rings is 4. The fourth-order valence-electron chi connectivity index (χ4n) is 9.85. The largest absolute Gasteiger partial charge is 0.305 e. The summed E-state index contributed by atoms with van der Waals surface area (Å²) in [6, 6.07) is 0.385. The summed E-state index contributed by atoms with van der Waals surface area (Å²) in [5, 5.41) is 0. The van der Waals surface area contributed by atoms with Crippen LogP contribution in [0.2, 0.25) is 0 Å². The number of alkyl halides is 4. The predicted molar refractivity (Wildman–Crippen MR) is 189 cm³/mol. The van der Waals surface area contributed by atoms with Crippen LogP contribution in [0.5, 0.6) is 0 Å². The molecule has 6 nitrogen and oxygen atoms in total. The summed E-state index contributed by atoms with van der Waals surface area (Å²) in [5.74, 6) is -3.75. The van der Waals surface area contributed by atoms with Gasteiger partial charge in [-0.1, -0.05) is 27.7 Å². The van der Waals surface area contributed by atoms with Gasteiger partial charge in [0.15, 0.2) is 0 Å². The monoisotopic (exact) mass is 687 g/mol. The van der Waals surface area contributed by atoms with E-state index in [0.717, 1.165) is 52.4 Å². The summed E-state index contributed by atoms with van der Waals surface area (Å²) in [7, 11) is 2.17. The van der Waals surface area contributed by atoms with Gasteiger partial charge in [0, 0.05) is 64.3 Å². The summed E-state index contributed by atoms with van der Waals surface area (Å²) < 4.78 is 58.8. The van der Waals surface area contributed by atoms with Crippen LogP contribution in [0, 0.1) is 34.5 Å². The third kappa shape index (κ3) is 9.47. The second-order valence-electron chi connectivity index (χ2n) is 18.5. The molecule has 0 aromatic carbocycles. The fourth-order valence-corrected chi connectivity index (χ4v) is 9.85. The molecule has 0 amide bonds. The van der Waals surface area contributed by atoms with Crippen molar-refractivity contribution in [2.24, 2.45) is 34.5 Å². The third-order valence-corrected chi connectivity index (χ3v) is 12.7. The molecule has 0 bridgehead atoms. The Hall–Kier alpha value is -0.520. The minimum atomic E-state index is -2.53. The third-order valence-electron chi connectivity index (χ3n) is 12.7. The van der Waals surface area contributed by atoms with Crippen LogP contribution < -0.4 is 0 Å². The number of likely N-dealkylation sites (tertiary alicyclic amines) is 6. The molecule has 0 aromatic heterocycles. The Kier molecular flexibility index (Phi) is 12.6. The van der Waals surface area contributed by atoms with Gasteiger partial charge in [0.25, 0.3) is 11.8 Å². The van der Waals surface area contributed by atoms with Crippen molar-refractivity contribution in [1.29, 1.82) is 0 Å². The van der Waals surface area contributed by atoms with Gasteiger partial charge in [0.2, 0.25) is 0 Å². The Morgan fingerprint density at radius 3 is 1.67 bits per heavy atom. The first-order valence-corrected chi connectivity index (χ1v) is 19.6. The average molecular weight is 687 g/mol. The normalized spacial score (nSPS) is 30.5. The minimum Gasteiger partial charge on any atom is -0.305 e. The molecule has 0 aromatic rings. The molecule has 6 rings (SSSR count). The van der Waals surface area contributed by atoms with Crippen molar-refractivity contribution < 1.29 is 17.6 Å². The molecule has 2 spiro atoms. The molecule has 0 saturated carbocycles. The van der Waals surface area contributed by atoms with Crippen LogP contribution in [0.15, 0.2) is 0 Å². The molecule has 6 saturated heterocycles. The van der Waals surface area contributed by atoms with E-state index >= 15 is 0 Å². The van der Waals surface area contributed by atoms with Crippen LogP contribution in [0.3, 0.4) is 0 Å². The van der Waals surface area contributed by atoms with E-state index in [-0.39, 0.29) is 13.1 Å². The van der Waals surface area contributed by atoms with Crippen LogP contribution in [0.4, 0.5) is 17.6 Å². The highest BCUT2D eigenvalue weighted by Gasteiger charge is 2.62. The summed E-state index contributed by atoms with van der Waals surface area (Å²) in [4.78, 5) is 13.4. The van der Waals surface area contributed by atoms with Crippen LogP contribution in [0.25, 0.3) is 0 Å². The zero-order valence-electron chi connectivity index (χ0n) is 31.6. The lowest BCUT2D eigenvalue weighted by molar-refractivity contribution is -0.230. The molecule has 6 fully saturated rings. The van der Waals surface area contributed by atoms with Gasteiger partial charge in [-0.15, -0.1) is 0 Å². The Morgan fingerprint density at radius 2 is 1.15 bits per heavy atom. The van der Waals surface area contributed by atoms with Crippen molar-refractivity contribution in [3.05, 3.63) is 0 Å². The molecule has 0 aliphatic carbocycles. The molecule has 6 aliphatic rings. The van der Waals surface area contributed by atoms with Gasteiger partial charge in [-0.05, 0) is 122 Å². The molecular weight excluding hydrogens is 616 g/mol. The highest BCUT2D eigenvalue weighted by atomic mass is 19.3. The van der Waals surface area contributed by atoms with Gasteiger partial charge < -0.3 is 14.7 Å². The highest BCUT2D eigenvalue weighted by molar-refractivity contribution is 5.08. The van der Waals surface area contributed by atoms with Crippen molar-refractivity contribution in [3.8, 4) is 0 Å². The molecule has 6 heterocycles. The first-order chi connectivity index (χ1) is 22.5. The summed E-state index contributed by atoms with van der Waals surface area (Å²) >= 11 is 0. The number of halogens is 4. The van der Waals surface area contributed by atoms with Crippen molar-refractivity contribution in [1.82, 2.24) is 29.4 Å². The first kappa shape index (κ1) is 38.7. The van der Waals surface area contributed by atoms with Gasteiger partial charge in [-0.2, -0.15) is 0 Å². The van der Waals surface area contributed by atoms with E-state index in [1.807, 2.05) is 4.90 Å². The van der Waals surface area contributed by atoms with E-state index < -0.39 is 23.2 Å². The molecule has 0 radical (unpaired) electrons. The maximum Gasteiger partial charge on any atom is 0.268 e. The fraction of sp³-hybridized carbons (Fsp3) is 1.00. The molecule has 1 unspecified atom stereocenters. The molecule has 280 valence electrons. The molecule has 48 heavy (non-hydrogen) atoms. The van der Waals surface area contributed by atoms with Gasteiger partial charge in [-0.25, -0.2) is 17.6 Å². The number of nitrogens with zero attached hydrogens (tertiary/aromatic N) is 6. The maximum atomic E-state index is 14.9. The molecular formula is C38H70F4N6. The Morgan fingerprint density at radius 1 is 0.583 bits per heavy atom. The van der Waals surface area contributed by atoms with E-state index in [1.165, 1.54) is 45.3 Å². The standard InChI is InChI=1S/C20H37F2N3.C18H33F2N3/c1-16(2)11-23-8-5-18(6-9-23)12-24-10-7-19(20(21,22)15-24)13-25(14-19)17(3)4;1-15(2)10-23-7-4-16(18(19,20)14-23)11-22-8-5-17(6-9-22)12-21(3)13-17/h16-18H,5-15H2,1-4H3;15-16H,4-14H2,1-3H3. The number of rotatable bonds is 9. The molecule has 1 atom stereocenters. The van der Waals surface area contributed by atoms with Crippen LogP contribution in [-0.2, 0) is 0 Å². The van der Waals surface area contributed by atoms with Gasteiger partial charge in [-0.3, -0.25) is 14.7 Å². The van der Waals surface area contributed by atoms with E-state index in [9.17, 15) is 17.6 Å². The molecule has 0 N–H and O–H groups in total. The first-order valence-electron chi connectivity index (χ1n) is 19.6. The smallest absolute Gasteiger partial charge is 0.268 e. The lowest BCUT2D eigenvalue weighted by Gasteiger charge is -2.59. The van der Waals surface area contributed by atoms with E-state index in [4.69, 9.17) is 0 Å². The summed E-state index contributed by atoms with van der Waals surface area (Å²) in [6.45, 7) is 25.8. The van der Waals surface area contributed by atoms with E-state index in [2.05, 4.69) is 73.1 Å². The van der Waals surface area contributed by atoms with Crippen LogP contribution >= 0.6 is 0 Å². The van der Waals surface area contributed by atoms with Crippen molar-refractivity contribution >= 4 is 0 Å². The van der Waals surface area contributed by atoms with Crippen molar-refractivity contribution in [3.63, 3.8) is 0 Å². The lowest BCUT2D eigenvalue weighted by atomic mass is 9.68. The Bertz CT molecular complexity index is 993. The second kappa shape index (κ2) is 15.6. The van der Waals surface area contributed by atoms with Crippen molar-refractivity contribution in [2.75, 3.05) is 112 Å². The Balaban J connectivity index is 0.000000188. The SMILES string of the molecule is CC(C)CN1CCC(CN2CCC3(CC2)CN(C)C3)C(F)(F)C1.CC(C)CN1CCC(CN2CCC3(CN(C(C)C)C3)C(F)(F)C2)CC1. The average Bonchev–Trinajstić information content (AvgIpc) is 2.94. The highest BCUT2D eigenvalue weighted by Crippen LogP contribution is 2.51. The lowest BCUT2D eigenvalue weighted by Crippen LogP contribution is -2.71. The van der Waals surface area contributed by atoms with Crippen LogP contribution in [0.1, 0.15) is 80.1 Å². The molecule has 6 aliphatic heterocycles. The maximum absolute atomic E-state index is 14.9. The number of hydrogen-bond donors (Lipinski definition) is 0. The number of hydrogen-bond acceptors (Lipinski definition) is 6. The quantitative estimate of drug-likeness (QED) is 0.274. The van der Waals surface area contributed by atoms with E-state index in [1.54, 1.807) is 0 Å². The van der Waals surface area contributed by atoms with Gasteiger partial charge in [0.1, 0.15) is 0 Å². The zero-order chi connectivity index (χ0) is 34.9. The van der Waals surface area contributed by atoms with Crippen molar-refractivity contribution in [2.45, 2.75) is 98.0 Å².